The van der Waals surface area contributed by atoms with Crippen LogP contribution in [0.2, 0.25) is 18.1 Å². The summed E-state index contributed by atoms with van der Waals surface area (Å²) in [6, 6.07) is 0. The van der Waals surface area contributed by atoms with Gasteiger partial charge in [0.2, 0.25) is 0 Å². The van der Waals surface area contributed by atoms with E-state index in [4.69, 9.17) is 9.53 Å². The number of aliphatic hydroxyl groups is 1. The summed E-state index contributed by atoms with van der Waals surface area (Å²) in [7, 11) is -1.63. The van der Waals surface area contributed by atoms with Gasteiger partial charge < -0.3 is 9.53 Å². The fraction of sp³-hybridized carbons (Fsp3) is 0.846. The second-order valence-electron chi connectivity index (χ2n) is 6.22. The molecule has 1 N–H and O–H groups in total. The van der Waals surface area contributed by atoms with Gasteiger partial charge in [-0.15, -0.1) is 0 Å². The molecular formula is C13H28O2Si. The number of hydrogen-bond acceptors (Lipinski definition) is 2. The van der Waals surface area contributed by atoms with Gasteiger partial charge >= 0.3 is 0 Å². The van der Waals surface area contributed by atoms with Crippen LogP contribution in [0.3, 0.4) is 0 Å². The molecule has 2 nitrogen and oxygen atoms in total. The highest BCUT2D eigenvalue weighted by Gasteiger charge is 2.36. The maximum Gasteiger partial charge on any atom is 0.192 e. The highest BCUT2D eigenvalue weighted by molar-refractivity contribution is 6.74. The van der Waals surface area contributed by atoms with E-state index in [1.54, 1.807) is 0 Å². The van der Waals surface area contributed by atoms with Gasteiger partial charge in [-0.3, -0.25) is 0 Å². The summed E-state index contributed by atoms with van der Waals surface area (Å²) in [5.41, 5.74) is 1.21. The predicted octanol–water partition coefficient (Wildman–Crippen LogP) is 3.58. The van der Waals surface area contributed by atoms with E-state index < -0.39 is 8.32 Å². The third-order valence-electron chi connectivity index (χ3n) is 3.32. The SMILES string of the molecule is C/C(=C\[C@H](C)CO)CO[Si](C)(C)C(C)(C)C. The van der Waals surface area contributed by atoms with Crippen molar-refractivity contribution in [3.05, 3.63) is 11.6 Å². The Morgan fingerprint density at radius 3 is 2.25 bits per heavy atom. The summed E-state index contributed by atoms with van der Waals surface area (Å²) < 4.78 is 6.09. The normalized spacial score (nSPS) is 16.4. The molecular weight excluding hydrogens is 216 g/mol. The Kier molecular flexibility index (Phi) is 5.94. The van der Waals surface area contributed by atoms with E-state index >= 15 is 0 Å². The van der Waals surface area contributed by atoms with Crippen molar-refractivity contribution in [2.75, 3.05) is 13.2 Å². The van der Waals surface area contributed by atoms with E-state index in [1.807, 2.05) is 6.92 Å². The van der Waals surface area contributed by atoms with Crippen molar-refractivity contribution in [2.45, 2.75) is 52.8 Å². The first-order chi connectivity index (χ1) is 7.10. The summed E-state index contributed by atoms with van der Waals surface area (Å²) in [6.07, 6.45) is 2.09. The van der Waals surface area contributed by atoms with E-state index in [-0.39, 0.29) is 17.6 Å². The monoisotopic (exact) mass is 244 g/mol. The van der Waals surface area contributed by atoms with Gasteiger partial charge in [0.1, 0.15) is 0 Å². The average molecular weight is 244 g/mol. The van der Waals surface area contributed by atoms with Crippen LogP contribution in [0, 0.1) is 5.92 Å². The maximum absolute atomic E-state index is 8.96. The smallest absolute Gasteiger partial charge is 0.192 e. The standard InChI is InChI=1S/C13H28O2Si/c1-11(9-14)8-12(2)10-15-16(6,7)13(3,4)5/h8,11,14H,9-10H2,1-7H3/b12-8+/t11-/m0/s1. The Hall–Kier alpha value is -0.123. The van der Waals surface area contributed by atoms with Crippen LogP contribution in [0.4, 0.5) is 0 Å². The Morgan fingerprint density at radius 2 is 1.88 bits per heavy atom. The van der Waals surface area contributed by atoms with E-state index in [1.165, 1.54) is 5.57 Å². The minimum absolute atomic E-state index is 0.206. The molecule has 0 heterocycles. The van der Waals surface area contributed by atoms with Gasteiger partial charge in [-0.2, -0.15) is 0 Å². The first kappa shape index (κ1) is 15.9. The molecule has 0 aliphatic heterocycles. The molecule has 16 heavy (non-hydrogen) atoms. The molecule has 0 unspecified atom stereocenters. The molecule has 0 bridgehead atoms. The van der Waals surface area contributed by atoms with Crippen LogP contribution in [0.5, 0.6) is 0 Å². The molecule has 0 spiro atoms. The number of rotatable bonds is 5. The molecule has 0 aromatic rings. The molecule has 0 fully saturated rings. The van der Waals surface area contributed by atoms with Crippen molar-refractivity contribution in [1.29, 1.82) is 0 Å². The molecule has 0 aliphatic carbocycles. The van der Waals surface area contributed by atoms with Gasteiger partial charge in [0.15, 0.2) is 8.32 Å². The van der Waals surface area contributed by atoms with Crippen LogP contribution in [0.25, 0.3) is 0 Å². The molecule has 1 atom stereocenters. The van der Waals surface area contributed by atoms with Crippen molar-refractivity contribution in [3.8, 4) is 0 Å². The zero-order chi connectivity index (χ0) is 13.0. The van der Waals surface area contributed by atoms with Crippen molar-refractivity contribution in [2.24, 2.45) is 5.92 Å². The minimum Gasteiger partial charge on any atom is -0.413 e. The lowest BCUT2D eigenvalue weighted by Gasteiger charge is -2.36. The lowest BCUT2D eigenvalue weighted by Crippen LogP contribution is -2.41. The molecule has 0 saturated heterocycles. The van der Waals surface area contributed by atoms with E-state index in [2.05, 4.69) is 46.9 Å². The summed E-state index contributed by atoms with van der Waals surface area (Å²) >= 11 is 0. The summed E-state index contributed by atoms with van der Waals surface area (Å²) in [6.45, 7) is 16.2. The summed E-state index contributed by atoms with van der Waals surface area (Å²) in [5, 5.41) is 9.22. The van der Waals surface area contributed by atoms with Crippen molar-refractivity contribution in [1.82, 2.24) is 0 Å². The number of aliphatic hydroxyl groups excluding tert-OH is 1. The van der Waals surface area contributed by atoms with Crippen LogP contribution in [-0.2, 0) is 4.43 Å². The third-order valence-corrected chi connectivity index (χ3v) is 7.80. The minimum atomic E-state index is -1.63. The number of hydrogen-bond donors (Lipinski definition) is 1. The second-order valence-corrected chi connectivity index (χ2v) is 11.0. The highest BCUT2D eigenvalue weighted by Crippen LogP contribution is 2.36. The third kappa shape index (κ3) is 5.28. The van der Waals surface area contributed by atoms with Crippen LogP contribution in [0.1, 0.15) is 34.6 Å². The Morgan fingerprint density at radius 1 is 1.38 bits per heavy atom. The van der Waals surface area contributed by atoms with Crippen LogP contribution in [0.15, 0.2) is 11.6 Å². The van der Waals surface area contributed by atoms with E-state index in [9.17, 15) is 0 Å². The van der Waals surface area contributed by atoms with Crippen LogP contribution in [-0.4, -0.2) is 26.6 Å². The fourth-order valence-electron chi connectivity index (χ4n) is 1.10. The van der Waals surface area contributed by atoms with Gasteiger partial charge in [-0.1, -0.05) is 39.3 Å². The van der Waals surface area contributed by atoms with Gasteiger partial charge in [0, 0.05) is 6.61 Å². The average Bonchev–Trinajstić information content (AvgIpc) is 2.13. The lowest BCUT2D eigenvalue weighted by atomic mass is 10.1. The molecule has 96 valence electrons. The van der Waals surface area contributed by atoms with Crippen molar-refractivity contribution < 1.29 is 9.53 Å². The van der Waals surface area contributed by atoms with Crippen LogP contribution >= 0.6 is 0 Å². The fourth-order valence-corrected chi connectivity index (χ4v) is 2.12. The Labute approximate surface area is 102 Å². The van der Waals surface area contributed by atoms with Gasteiger partial charge in [-0.25, -0.2) is 0 Å². The van der Waals surface area contributed by atoms with Crippen molar-refractivity contribution in [3.63, 3.8) is 0 Å². The quantitative estimate of drug-likeness (QED) is 0.591. The molecule has 3 heteroatoms. The molecule has 0 rings (SSSR count). The molecule has 0 amide bonds. The van der Waals surface area contributed by atoms with Gasteiger partial charge in [-0.05, 0) is 31.0 Å². The van der Waals surface area contributed by atoms with Crippen molar-refractivity contribution >= 4 is 8.32 Å². The zero-order valence-electron chi connectivity index (χ0n) is 11.9. The van der Waals surface area contributed by atoms with E-state index in [0.29, 0.717) is 6.61 Å². The maximum atomic E-state index is 8.96. The Balaban J connectivity index is 4.30. The molecule has 0 saturated carbocycles. The first-order valence-corrected chi connectivity index (χ1v) is 8.93. The largest absolute Gasteiger partial charge is 0.413 e. The zero-order valence-corrected chi connectivity index (χ0v) is 12.9. The van der Waals surface area contributed by atoms with E-state index in [0.717, 1.165) is 0 Å². The van der Waals surface area contributed by atoms with Gasteiger partial charge in [0.05, 0.1) is 6.61 Å². The Bertz CT molecular complexity index is 239. The molecule has 0 aromatic heterocycles. The summed E-state index contributed by atoms with van der Waals surface area (Å²) in [4.78, 5) is 0. The lowest BCUT2D eigenvalue weighted by molar-refractivity contribution is 0.260. The topological polar surface area (TPSA) is 29.5 Å². The predicted molar refractivity (Wildman–Crippen MR) is 73.2 cm³/mol. The molecule has 0 aromatic carbocycles. The van der Waals surface area contributed by atoms with Gasteiger partial charge in [0.25, 0.3) is 0 Å². The summed E-state index contributed by atoms with van der Waals surface area (Å²) in [5.74, 6) is 0.225. The first-order valence-electron chi connectivity index (χ1n) is 6.02. The van der Waals surface area contributed by atoms with Crippen LogP contribution < -0.4 is 0 Å². The molecule has 0 radical (unpaired) electrons. The second kappa shape index (κ2) is 5.99. The highest BCUT2D eigenvalue weighted by atomic mass is 28.4. The molecule has 0 aliphatic rings.